The number of benzene rings is 4. The van der Waals surface area contributed by atoms with Gasteiger partial charge in [0.05, 0.1) is 29.8 Å². The lowest BCUT2D eigenvalue weighted by molar-refractivity contribution is -0.276. The van der Waals surface area contributed by atoms with E-state index in [1.165, 1.54) is 6.92 Å². The summed E-state index contributed by atoms with van der Waals surface area (Å²) >= 11 is 0. The van der Waals surface area contributed by atoms with Crippen molar-refractivity contribution in [3.63, 3.8) is 0 Å². The molecule has 4 aromatic carbocycles. The van der Waals surface area contributed by atoms with Crippen LogP contribution in [0.5, 0.6) is 0 Å². The van der Waals surface area contributed by atoms with Gasteiger partial charge in [0.25, 0.3) is 0 Å². The summed E-state index contributed by atoms with van der Waals surface area (Å²) in [6.45, 7) is 6.69. The molecule has 0 spiro atoms. The van der Waals surface area contributed by atoms with Crippen LogP contribution in [-0.4, -0.2) is 51.2 Å². The standard InChI is InChI=1S/C40H44N4O5/c1-26-37(24-43-19-17-34(18-20-43)44-36-12-4-3-11-35(36)42-40(44)47)48-39(49-38(26)30-15-13-28(25-45)14-16-30)33-10-6-9-32(22-33)31-8-5-7-29(21-31)23-41-27(2)46/h3-16,21-22,26,34,37-39,45H,17-20,23-25H2,1-2H3,(H,41,46)(H,42,47)/t26-,37+,38+,39+/m0/s1. The van der Waals surface area contributed by atoms with Crippen LogP contribution in [0.3, 0.4) is 0 Å². The lowest BCUT2D eigenvalue weighted by Crippen LogP contribution is -2.47. The van der Waals surface area contributed by atoms with E-state index in [0.717, 1.165) is 76.9 Å². The number of amides is 1. The van der Waals surface area contributed by atoms with Gasteiger partial charge in [-0.15, -0.1) is 0 Å². The molecule has 3 heterocycles. The molecule has 9 nitrogen and oxygen atoms in total. The second kappa shape index (κ2) is 14.5. The molecular weight excluding hydrogens is 616 g/mol. The molecule has 254 valence electrons. The summed E-state index contributed by atoms with van der Waals surface area (Å²) in [5.41, 5.74) is 7.79. The van der Waals surface area contributed by atoms with Gasteiger partial charge in [0.15, 0.2) is 6.29 Å². The van der Waals surface area contributed by atoms with Gasteiger partial charge < -0.3 is 29.8 Å². The van der Waals surface area contributed by atoms with E-state index in [2.05, 4.69) is 52.5 Å². The summed E-state index contributed by atoms with van der Waals surface area (Å²) in [5, 5.41) is 12.5. The number of imidazole rings is 1. The predicted molar refractivity (Wildman–Crippen MR) is 190 cm³/mol. The lowest BCUT2D eigenvalue weighted by atomic mass is 9.89. The first-order valence-corrected chi connectivity index (χ1v) is 17.2. The van der Waals surface area contributed by atoms with E-state index in [0.29, 0.717) is 6.54 Å². The van der Waals surface area contributed by atoms with Gasteiger partial charge in [-0.3, -0.25) is 9.36 Å². The number of aromatic nitrogens is 2. The number of aliphatic hydroxyl groups is 1. The quantitative estimate of drug-likeness (QED) is 0.173. The van der Waals surface area contributed by atoms with Gasteiger partial charge in [-0.1, -0.05) is 79.7 Å². The van der Waals surface area contributed by atoms with Crippen LogP contribution in [0.1, 0.15) is 67.4 Å². The number of likely N-dealkylation sites (tertiary alicyclic amines) is 1. The molecule has 9 heteroatoms. The zero-order valence-corrected chi connectivity index (χ0v) is 28.0. The number of rotatable bonds is 9. The van der Waals surface area contributed by atoms with Crippen LogP contribution in [0.15, 0.2) is 102 Å². The minimum atomic E-state index is -0.575. The molecule has 5 aromatic rings. The topological polar surface area (TPSA) is 109 Å². The van der Waals surface area contributed by atoms with Crippen molar-refractivity contribution < 1.29 is 19.4 Å². The molecule has 3 N–H and O–H groups in total. The molecule has 2 aliphatic rings. The fraction of sp³-hybridized carbons (Fsp3) is 0.350. The van der Waals surface area contributed by atoms with Crippen molar-refractivity contribution >= 4 is 16.9 Å². The Morgan fingerprint density at radius 2 is 1.61 bits per heavy atom. The molecule has 1 amide bonds. The number of aliphatic hydroxyl groups excluding tert-OH is 1. The maximum atomic E-state index is 12.9. The third-order valence-electron chi connectivity index (χ3n) is 10.1. The first-order valence-electron chi connectivity index (χ1n) is 17.2. The first kappa shape index (κ1) is 33.0. The first-order chi connectivity index (χ1) is 23.9. The largest absolute Gasteiger partial charge is 0.392 e. The van der Waals surface area contributed by atoms with E-state index < -0.39 is 6.29 Å². The summed E-state index contributed by atoms with van der Waals surface area (Å²) in [7, 11) is 0. The molecule has 49 heavy (non-hydrogen) atoms. The van der Waals surface area contributed by atoms with Crippen molar-refractivity contribution in [2.45, 2.75) is 64.4 Å². The van der Waals surface area contributed by atoms with Crippen molar-refractivity contribution in [1.82, 2.24) is 19.8 Å². The number of fused-ring (bicyclic) bond motifs is 1. The van der Waals surface area contributed by atoms with E-state index in [-0.39, 0.29) is 42.4 Å². The second-order valence-corrected chi connectivity index (χ2v) is 13.4. The average molecular weight is 661 g/mol. The maximum Gasteiger partial charge on any atom is 0.326 e. The molecule has 1 aromatic heterocycles. The number of hydrogen-bond donors (Lipinski definition) is 3. The van der Waals surface area contributed by atoms with Gasteiger partial charge in [-0.05, 0) is 64.9 Å². The number of carbonyl (C=O) groups excluding carboxylic acids is 1. The van der Waals surface area contributed by atoms with Crippen LogP contribution in [0, 0.1) is 5.92 Å². The minimum absolute atomic E-state index is 0.00481. The van der Waals surface area contributed by atoms with Gasteiger partial charge in [0, 0.05) is 50.6 Å². The maximum absolute atomic E-state index is 12.9. The summed E-state index contributed by atoms with van der Waals surface area (Å²) in [4.78, 5) is 29.8. The molecular formula is C40H44N4O5. The van der Waals surface area contributed by atoms with Crippen LogP contribution in [0.25, 0.3) is 22.2 Å². The number of nitrogens with zero attached hydrogens (tertiary/aromatic N) is 2. The predicted octanol–water partition coefficient (Wildman–Crippen LogP) is 6.25. The van der Waals surface area contributed by atoms with Crippen LogP contribution < -0.4 is 11.0 Å². The zero-order chi connectivity index (χ0) is 33.9. The highest BCUT2D eigenvalue weighted by molar-refractivity contribution is 5.75. The Balaban J connectivity index is 1.11. The SMILES string of the molecule is CC(=O)NCc1cccc(-c2cccc([C@@H]3O[C@H](CN4CCC(n5c(=O)[nH]c6ccccc65)CC4)[C@H](C)[C@H](c4ccc(CO)cc4)O3)c2)c1. The molecule has 2 fully saturated rings. The summed E-state index contributed by atoms with van der Waals surface area (Å²) in [6, 6.07) is 32.6. The summed E-state index contributed by atoms with van der Waals surface area (Å²) in [6.07, 6.45) is 0.894. The zero-order valence-electron chi connectivity index (χ0n) is 28.0. The molecule has 0 saturated carbocycles. The number of para-hydroxylation sites is 2. The number of piperidine rings is 1. The van der Waals surface area contributed by atoms with E-state index in [1.807, 2.05) is 71.3 Å². The number of aromatic amines is 1. The monoisotopic (exact) mass is 660 g/mol. The van der Waals surface area contributed by atoms with Crippen molar-refractivity contribution in [3.05, 3.63) is 130 Å². The Morgan fingerprint density at radius 1 is 0.878 bits per heavy atom. The van der Waals surface area contributed by atoms with E-state index in [9.17, 15) is 14.7 Å². The number of ether oxygens (including phenoxy) is 2. The Hall–Kier alpha value is -4.54. The number of H-pyrrole nitrogens is 1. The van der Waals surface area contributed by atoms with Gasteiger partial charge in [-0.25, -0.2) is 4.79 Å². The average Bonchev–Trinajstić information content (AvgIpc) is 3.47. The second-order valence-electron chi connectivity index (χ2n) is 13.4. The fourth-order valence-corrected chi connectivity index (χ4v) is 7.33. The normalized spacial score (nSPS) is 21.9. The Morgan fingerprint density at radius 3 is 2.37 bits per heavy atom. The molecule has 4 atom stereocenters. The van der Waals surface area contributed by atoms with Crippen molar-refractivity contribution in [2.75, 3.05) is 19.6 Å². The van der Waals surface area contributed by atoms with Crippen LogP contribution in [-0.2, 0) is 27.4 Å². The van der Waals surface area contributed by atoms with Crippen LogP contribution in [0.4, 0.5) is 0 Å². The molecule has 0 unspecified atom stereocenters. The Bertz CT molecular complexity index is 1960. The van der Waals surface area contributed by atoms with Gasteiger partial charge in [0.2, 0.25) is 5.91 Å². The van der Waals surface area contributed by atoms with Gasteiger partial charge >= 0.3 is 5.69 Å². The molecule has 0 bridgehead atoms. The highest BCUT2D eigenvalue weighted by atomic mass is 16.7. The number of carbonyl (C=O) groups is 1. The van der Waals surface area contributed by atoms with Gasteiger partial charge in [-0.2, -0.15) is 0 Å². The fourth-order valence-electron chi connectivity index (χ4n) is 7.33. The summed E-state index contributed by atoms with van der Waals surface area (Å²) in [5.74, 6) is 0.0105. The highest BCUT2D eigenvalue weighted by Crippen LogP contribution is 2.43. The molecule has 2 aliphatic heterocycles. The third-order valence-corrected chi connectivity index (χ3v) is 10.1. The number of nitrogens with one attached hydrogen (secondary N) is 2. The lowest BCUT2D eigenvalue weighted by Gasteiger charge is -2.44. The minimum Gasteiger partial charge on any atom is -0.392 e. The van der Waals surface area contributed by atoms with Crippen LogP contribution in [0.2, 0.25) is 0 Å². The highest BCUT2D eigenvalue weighted by Gasteiger charge is 2.39. The van der Waals surface area contributed by atoms with Crippen LogP contribution >= 0.6 is 0 Å². The molecule has 7 rings (SSSR count). The van der Waals surface area contributed by atoms with Crippen molar-refractivity contribution in [2.24, 2.45) is 5.92 Å². The van der Waals surface area contributed by atoms with E-state index in [4.69, 9.17) is 9.47 Å². The molecule has 2 saturated heterocycles. The Labute approximate surface area is 286 Å². The summed E-state index contributed by atoms with van der Waals surface area (Å²) < 4.78 is 15.5. The van der Waals surface area contributed by atoms with E-state index in [1.54, 1.807) is 0 Å². The Kier molecular flexibility index (Phi) is 9.77. The van der Waals surface area contributed by atoms with E-state index >= 15 is 0 Å². The van der Waals surface area contributed by atoms with Crippen molar-refractivity contribution in [1.29, 1.82) is 0 Å². The smallest absolute Gasteiger partial charge is 0.326 e. The van der Waals surface area contributed by atoms with Gasteiger partial charge in [0.1, 0.15) is 0 Å². The van der Waals surface area contributed by atoms with Crippen molar-refractivity contribution in [3.8, 4) is 11.1 Å². The third kappa shape index (κ3) is 7.26. The molecule has 0 aliphatic carbocycles. The molecule has 0 radical (unpaired) electrons. The number of hydrogen-bond acceptors (Lipinski definition) is 6.